The molecule has 0 aliphatic carbocycles. The van der Waals surface area contributed by atoms with Gasteiger partial charge >= 0.3 is 0 Å². The molecule has 0 radical (unpaired) electrons. The van der Waals surface area contributed by atoms with Crippen LogP contribution in [0.2, 0.25) is 0 Å². The van der Waals surface area contributed by atoms with Crippen LogP contribution in [0.3, 0.4) is 0 Å². The van der Waals surface area contributed by atoms with Gasteiger partial charge in [-0.05, 0) is 12.8 Å². The predicted molar refractivity (Wildman–Crippen MR) is 77.6 cm³/mol. The number of methoxy groups -OCH3 is 2. The van der Waals surface area contributed by atoms with Gasteiger partial charge in [0, 0.05) is 30.7 Å². The second-order valence-electron chi connectivity index (χ2n) is 4.17. The molecule has 0 spiro atoms. The normalized spacial score (nSPS) is 9.50. The molecule has 108 valence electrons. The molecule has 0 atom stereocenters. The van der Waals surface area contributed by atoms with Crippen molar-refractivity contribution in [2.45, 2.75) is 19.3 Å². The predicted octanol–water partition coefficient (Wildman–Crippen LogP) is 3.16. The highest BCUT2D eigenvalue weighted by atomic mass is 16.5. The molecular formula is C16H20O4. The van der Waals surface area contributed by atoms with Gasteiger partial charge in [-0.2, -0.15) is 0 Å². The quantitative estimate of drug-likeness (QED) is 0.395. The van der Waals surface area contributed by atoms with E-state index in [0.717, 1.165) is 12.8 Å². The van der Waals surface area contributed by atoms with Gasteiger partial charge in [0.2, 0.25) is 0 Å². The Kier molecular flexibility index (Phi) is 7.01. The molecule has 0 bridgehead atoms. The highest BCUT2D eigenvalue weighted by Crippen LogP contribution is 2.27. The van der Waals surface area contributed by atoms with Crippen LogP contribution in [0.5, 0.6) is 17.2 Å². The Morgan fingerprint density at radius 1 is 1.15 bits per heavy atom. The van der Waals surface area contributed by atoms with Crippen LogP contribution in [0.1, 0.15) is 19.3 Å². The maximum Gasteiger partial charge on any atom is 0.163 e. The lowest BCUT2D eigenvalue weighted by Gasteiger charge is -2.10. The van der Waals surface area contributed by atoms with Gasteiger partial charge in [-0.25, -0.2) is 0 Å². The van der Waals surface area contributed by atoms with Crippen molar-refractivity contribution in [2.24, 2.45) is 0 Å². The molecule has 20 heavy (non-hydrogen) atoms. The Bertz CT molecular complexity index is 465. The van der Waals surface area contributed by atoms with E-state index in [0.29, 0.717) is 30.3 Å². The van der Waals surface area contributed by atoms with Crippen molar-refractivity contribution in [2.75, 3.05) is 20.8 Å². The van der Waals surface area contributed by atoms with Crippen molar-refractivity contribution in [3.05, 3.63) is 36.6 Å². The Morgan fingerprint density at radius 3 is 2.30 bits per heavy atom. The van der Waals surface area contributed by atoms with Crippen LogP contribution in [0, 0.1) is 0 Å². The second kappa shape index (κ2) is 8.83. The monoisotopic (exact) mass is 276 g/mol. The third-order valence-electron chi connectivity index (χ3n) is 2.67. The smallest absolute Gasteiger partial charge is 0.163 e. The summed E-state index contributed by atoms with van der Waals surface area (Å²) in [6.07, 6.45) is 3.44. The number of ether oxygens (including phenoxy) is 3. The third-order valence-corrected chi connectivity index (χ3v) is 2.67. The number of unbranched alkanes of at least 4 members (excludes halogenated alkanes) is 1. The van der Waals surface area contributed by atoms with E-state index in [-0.39, 0.29) is 5.78 Å². The zero-order valence-electron chi connectivity index (χ0n) is 12.0. The lowest BCUT2D eigenvalue weighted by Crippen LogP contribution is -2.00. The molecular weight excluding hydrogens is 256 g/mol. The number of carbonyl (C=O) groups excluding carboxylic acids is 1. The fraction of sp³-hybridized carbons (Fsp3) is 0.375. The first kappa shape index (κ1) is 15.9. The highest BCUT2D eigenvalue weighted by molar-refractivity contribution is 5.89. The topological polar surface area (TPSA) is 44.8 Å². The minimum atomic E-state index is 0.0445. The van der Waals surface area contributed by atoms with Gasteiger partial charge in [0.15, 0.2) is 5.78 Å². The van der Waals surface area contributed by atoms with E-state index in [1.54, 1.807) is 32.4 Å². The van der Waals surface area contributed by atoms with Gasteiger partial charge in [0.05, 0.1) is 20.8 Å². The van der Waals surface area contributed by atoms with Crippen LogP contribution in [-0.2, 0) is 4.79 Å². The summed E-state index contributed by atoms with van der Waals surface area (Å²) < 4.78 is 15.9. The SMILES string of the molecule is C=C=CC(=O)CCCCOc1cc(OC)cc(OC)c1. The van der Waals surface area contributed by atoms with E-state index in [9.17, 15) is 4.79 Å². The molecule has 1 aromatic rings. The maximum absolute atomic E-state index is 11.2. The average Bonchev–Trinajstić information content (AvgIpc) is 2.46. The molecule has 1 rings (SSSR count). The van der Waals surface area contributed by atoms with Crippen LogP contribution in [0.25, 0.3) is 0 Å². The van der Waals surface area contributed by atoms with Gasteiger partial charge in [0.1, 0.15) is 17.2 Å². The van der Waals surface area contributed by atoms with Gasteiger partial charge in [-0.15, -0.1) is 5.73 Å². The number of hydrogen-bond acceptors (Lipinski definition) is 4. The van der Waals surface area contributed by atoms with Crippen LogP contribution in [0.15, 0.2) is 36.6 Å². The summed E-state index contributed by atoms with van der Waals surface area (Å²) in [6, 6.07) is 5.38. The van der Waals surface area contributed by atoms with Crippen molar-refractivity contribution in [3.8, 4) is 17.2 Å². The van der Waals surface area contributed by atoms with Crippen molar-refractivity contribution in [1.29, 1.82) is 0 Å². The highest BCUT2D eigenvalue weighted by Gasteiger charge is 2.03. The molecule has 0 aliphatic rings. The summed E-state index contributed by atoms with van der Waals surface area (Å²) in [5.74, 6) is 2.11. The zero-order chi connectivity index (χ0) is 14.8. The number of rotatable bonds is 9. The molecule has 4 heteroatoms. The van der Waals surface area contributed by atoms with Crippen LogP contribution in [0.4, 0.5) is 0 Å². The van der Waals surface area contributed by atoms with Crippen molar-refractivity contribution in [1.82, 2.24) is 0 Å². The van der Waals surface area contributed by atoms with E-state index >= 15 is 0 Å². The number of benzene rings is 1. The Labute approximate surface area is 119 Å². The van der Waals surface area contributed by atoms with Gasteiger partial charge in [-0.1, -0.05) is 6.58 Å². The van der Waals surface area contributed by atoms with Crippen molar-refractivity contribution >= 4 is 5.78 Å². The first-order valence-electron chi connectivity index (χ1n) is 6.44. The van der Waals surface area contributed by atoms with E-state index in [4.69, 9.17) is 14.2 Å². The minimum Gasteiger partial charge on any atom is -0.496 e. The van der Waals surface area contributed by atoms with Gasteiger partial charge in [0.25, 0.3) is 0 Å². The Hall–Kier alpha value is -2.19. The van der Waals surface area contributed by atoms with E-state index < -0.39 is 0 Å². The van der Waals surface area contributed by atoms with E-state index in [1.165, 1.54) is 6.08 Å². The van der Waals surface area contributed by atoms with Crippen LogP contribution < -0.4 is 14.2 Å². The molecule has 0 aromatic heterocycles. The molecule has 0 fully saturated rings. The summed E-state index contributed by atoms with van der Waals surface area (Å²) in [4.78, 5) is 11.2. The fourth-order valence-corrected chi connectivity index (χ4v) is 1.64. The molecule has 4 nitrogen and oxygen atoms in total. The van der Waals surface area contributed by atoms with E-state index in [1.807, 2.05) is 0 Å². The standard InChI is InChI=1S/C16H20O4/c1-4-7-13(17)8-5-6-9-20-16-11-14(18-2)10-15(12-16)19-3/h7,10-12H,1,5-6,8-9H2,2-3H3. The lowest BCUT2D eigenvalue weighted by molar-refractivity contribution is -0.114. The van der Waals surface area contributed by atoms with Crippen LogP contribution >= 0.6 is 0 Å². The largest absolute Gasteiger partial charge is 0.496 e. The summed E-state index contributed by atoms with van der Waals surface area (Å²) in [5, 5.41) is 0. The lowest BCUT2D eigenvalue weighted by atomic mass is 10.2. The molecule has 0 aliphatic heterocycles. The summed E-state index contributed by atoms with van der Waals surface area (Å²) in [5.41, 5.74) is 2.48. The number of ketones is 1. The van der Waals surface area contributed by atoms with Crippen molar-refractivity contribution in [3.63, 3.8) is 0 Å². The Morgan fingerprint density at radius 2 is 1.75 bits per heavy atom. The number of carbonyl (C=O) groups is 1. The maximum atomic E-state index is 11.2. The minimum absolute atomic E-state index is 0.0445. The third kappa shape index (κ3) is 5.63. The average molecular weight is 276 g/mol. The molecule has 0 N–H and O–H groups in total. The molecule has 1 aromatic carbocycles. The number of hydrogen-bond donors (Lipinski definition) is 0. The molecule has 0 amide bonds. The molecule has 0 saturated heterocycles. The first-order valence-corrected chi connectivity index (χ1v) is 6.44. The van der Waals surface area contributed by atoms with Crippen molar-refractivity contribution < 1.29 is 19.0 Å². The fourth-order valence-electron chi connectivity index (χ4n) is 1.64. The number of allylic oxidation sites excluding steroid dienone is 1. The summed E-state index contributed by atoms with van der Waals surface area (Å²) in [6.45, 7) is 3.91. The molecule has 0 saturated carbocycles. The van der Waals surface area contributed by atoms with E-state index in [2.05, 4.69) is 12.3 Å². The van der Waals surface area contributed by atoms with Gasteiger partial charge < -0.3 is 14.2 Å². The zero-order valence-corrected chi connectivity index (χ0v) is 12.0. The van der Waals surface area contributed by atoms with Crippen LogP contribution in [-0.4, -0.2) is 26.6 Å². The molecule has 0 heterocycles. The summed E-state index contributed by atoms with van der Waals surface area (Å²) >= 11 is 0. The Balaban J connectivity index is 2.38. The second-order valence-corrected chi connectivity index (χ2v) is 4.17. The van der Waals surface area contributed by atoms with Gasteiger partial charge in [-0.3, -0.25) is 4.79 Å². The molecule has 0 unspecified atom stereocenters. The summed E-state index contributed by atoms with van der Waals surface area (Å²) in [7, 11) is 3.19. The first-order chi connectivity index (χ1) is 9.69.